The van der Waals surface area contributed by atoms with Crippen LogP contribution in [0.4, 0.5) is 4.79 Å². The van der Waals surface area contributed by atoms with E-state index in [0.717, 1.165) is 23.0 Å². The van der Waals surface area contributed by atoms with E-state index in [9.17, 15) is 4.79 Å². The van der Waals surface area contributed by atoms with Crippen LogP contribution >= 0.6 is 0 Å². The molecule has 0 N–H and O–H groups in total. The van der Waals surface area contributed by atoms with Crippen molar-refractivity contribution in [1.29, 1.82) is 0 Å². The van der Waals surface area contributed by atoms with Crippen molar-refractivity contribution < 1.29 is 9.53 Å². The highest BCUT2D eigenvalue weighted by Gasteiger charge is 2.19. The Bertz CT molecular complexity index is 150. The molecular formula is C8H19NO2Si. The molecule has 0 unspecified atom stereocenters. The van der Waals surface area contributed by atoms with Gasteiger partial charge in [-0.3, -0.25) is 0 Å². The van der Waals surface area contributed by atoms with Crippen molar-refractivity contribution in [2.45, 2.75) is 33.3 Å². The van der Waals surface area contributed by atoms with Gasteiger partial charge in [-0.15, -0.1) is 0 Å². The number of hydrogen-bond donors (Lipinski definition) is 0. The van der Waals surface area contributed by atoms with E-state index >= 15 is 0 Å². The average molecular weight is 189 g/mol. The highest BCUT2D eigenvalue weighted by molar-refractivity contribution is 6.09. The maximum Gasteiger partial charge on any atom is 0.409 e. The molecule has 3 nitrogen and oxygen atoms in total. The molecule has 0 aromatic heterocycles. The highest BCUT2D eigenvalue weighted by atomic mass is 28.1. The number of rotatable bonds is 2. The van der Waals surface area contributed by atoms with Gasteiger partial charge in [-0.1, -0.05) is 0 Å². The molecule has 0 aromatic rings. The zero-order valence-corrected chi connectivity index (χ0v) is 10.7. The molecule has 0 fully saturated rings. The third kappa shape index (κ3) is 4.38. The van der Waals surface area contributed by atoms with Crippen LogP contribution in [0.1, 0.15) is 27.7 Å². The van der Waals surface area contributed by atoms with Crippen LogP contribution in [0, 0.1) is 0 Å². The Hall–Kier alpha value is -0.513. The van der Waals surface area contributed by atoms with Crippen molar-refractivity contribution in [3.8, 4) is 0 Å². The van der Waals surface area contributed by atoms with Crippen molar-refractivity contribution >= 4 is 16.3 Å². The van der Waals surface area contributed by atoms with E-state index in [4.69, 9.17) is 4.74 Å². The van der Waals surface area contributed by atoms with Crippen molar-refractivity contribution in [2.75, 3.05) is 12.7 Å². The van der Waals surface area contributed by atoms with Crippen molar-refractivity contribution in [1.82, 2.24) is 4.90 Å². The lowest BCUT2D eigenvalue weighted by atomic mass is 10.2. The van der Waals surface area contributed by atoms with Gasteiger partial charge in [0.1, 0.15) is 5.60 Å². The molecule has 4 heteroatoms. The van der Waals surface area contributed by atoms with Gasteiger partial charge in [-0.2, -0.15) is 0 Å². The van der Waals surface area contributed by atoms with Crippen molar-refractivity contribution in [2.24, 2.45) is 0 Å². The maximum atomic E-state index is 11.3. The standard InChI is InChI=1S/C8H19NO2Si/c1-5-9(6-12)7(10)11-8(2,3)4/h5-6H2,1-4,12H3. The Morgan fingerprint density at radius 3 is 2.25 bits per heavy atom. The predicted molar refractivity (Wildman–Crippen MR) is 53.4 cm³/mol. The summed E-state index contributed by atoms with van der Waals surface area (Å²) in [4.78, 5) is 13.1. The van der Waals surface area contributed by atoms with Crippen LogP contribution < -0.4 is 0 Å². The number of ether oxygens (including phenoxy) is 1. The van der Waals surface area contributed by atoms with Gasteiger partial charge >= 0.3 is 6.09 Å². The van der Waals surface area contributed by atoms with Gasteiger partial charge < -0.3 is 9.64 Å². The molecule has 0 aliphatic carbocycles. The van der Waals surface area contributed by atoms with E-state index in [1.165, 1.54) is 0 Å². The SMILES string of the molecule is CCN(C[SiH3])C(=O)OC(C)(C)C. The molecule has 72 valence electrons. The summed E-state index contributed by atoms with van der Waals surface area (Å²) in [6, 6.07) is 0. The van der Waals surface area contributed by atoms with Crippen molar-refractivity contribution in [3.63, 3.8) is 0 Å². The lowest BCUT2D eigenvalue weighted by Crippen LogP contribution is -2.37. The second kappa shape index (κ2) is 4.50. The van der Waals surface area contributed by atoms with Crippen LogP contribution in [-0.2, 0) is 4.74 Å². The Kier molecular flexibility index (Phi) is 4.30. The Labute approximate surface area is 77.5 Å². The Morgan fingerprint density at radius 1 is 1.50 bits per heavy atom. The average Bonchev–Trinajstić information content (AvgIpc) is 1.85. The highest BCUT2D eigenvalue weighted by Crippen LogP contribution is 2.09. The first kappa shape index (κ1) is 11.5. The minimum Gasteiger partial charge on any atom is -0.444 e. The third-order valence-electron chi connectivity index (χ3n) is 1.42. The first-order valence-corrected chi connectivity index (χ1v) is 5.80. The molecule has 0 radical (unpaired) electrons. The fourth-order valence-electron chi connectivity index (χ4n) is 0.808. The summed E-state index contributed by atoms with van der Waals surface area (Å²) in [6.45, 7) is 8.34. The molecule has 0 bridgehead atoms. The van der Waals surface area contributed by atoms with Gasteiger partial charge in [0.25, 0.3) is 0 Å². The van der Waals surface area contributed by atoms with Gasteiger partial charge in [0.15, 0.2) is 0 Å². The zero-order chi connectivity index (χ0) is 9.78. The van der Waals surface area contributed by atoms with Gasteiger partial charge in [-0.25, -0.2) is 4.79 Å². The Morgan fingerprint density at radius 2 is 2.00 bits per heavy atom. The van der Waals surface area contributed by atoms with Gasteiger partial charge in [0.2, 0.25) is 0 Å². The molecule has 0 heterocycles. The van der Waals surface area contributed by atoms with Crippen LogP contribution in [0.25, 0.3) is 0 Å². The summed E-state index contributed by atoms with van der Waals surface area (Å²) in [5, 5.41) is 0. The molecule has 0 saturated carbocycles. The number of carbonyl (C=O) groups is 1. The number of hydrogen-bond acceptors (Lipinski definition) is 2. The smallest absolute Gasteiger partial charge is 0.409 e. The summed E-state index contributed by atoms with van der Waals surface area (Å²) in [7, 11) is 0.996. The minimum atomic E-state index is -0.374. The lowest BCUT2D eigenvalue weighted by Gasteiger charge is -2.25. The molecular weight excluding hydrogens is 170 g/mol. The molecule has 0 aromatic carbocycles. The predicted octanol–water partition coefficient (Wildman–Crippen LogP) is 0.566. The second-order valence-corrected chi connectivity index (χ2v) is 4.29. The fraction of sp³-hybridized carbons (Fsp3) is 0.875. The minimum absolute atomic E-state index is 0.194. The van der Waals surface area contributed by atoms with Gasteiger partial charge in [-0.05, 0) is 27.7 Å². The fourth-order valence-corrected chi connectivity index (χ4v) is 1.51. The van der Waals surface area contributed by atoms with Crippen LogP contribution in [-0.4, -0.2) is 39.5 Å². The summed E-state index contributed by atoms with van der Waals surface area (Å²) in [5.74, 6) is 0. The topological polar surface area (TPSA) is 29.5 Å². The number of carbonyl (C=O) groups excluding carboxylic acids is 1. The monoisotopic (exact) mass is 189 g/mol. The lowest BCUT2D eigenvalue weighted by molar-refractivity contribution is 0.0294. The Balaban J connectivity index is 4.02. The van der Waals surface area contributed by atoms with E-state index in [0.29, 0.717) is 0 Å². The summed E-state index contributed by atoms with van der Waals surface area (Å²) < 4.78 is 5.19. The first-order valence-electron chi connectivity index (χ1n) is 4.38. The summed E-state index contributed by atoms with van der Waals surface area (Å²) in [6.07, 6.45) is 0.644. The van der Waals surface area contributed by atoms with Gasteiger partial charge in [0, 0.05) is 23.0 Å². The normalized spacial score (nSPS) is 11.3. The molecule has 0 atom stereocenters. The molecule has 0 spiro atoms. The van der Waals surface area contributed by atoms with E-state index in [-0.39, 0.29) is 11.7 Å². The summed E-state index contributed by atoms with van der Waals surface area (Å²) >= 11 is 0. The molecule has 1 amide bonds. The zero-order valence-electron chi connectivity index (χ0n) is 8.68. The molecule has 0 aliphatic rings. The van der Waals surface area contributed by atoms with Crippen LogP contribution in [0.15, 0.2) is 0 Å². The summed E-state index contributed by atoms with van der Waals surface area (Å²) in [5.41, 5.74) is -0.374. The molecule has 12 heavy (non-hydrogen) atoms. The largest absolute Gasteiger partial charge is 0.444 e. The molecule has 0 saturated heterocycles. The second-order valence-electron chi connectivity index (χ2n) is 3.65. The number of amides is 1. The number of nitrogens with zero attached hydrogens (tertiary/aromatic N) is 1. The third-order valence-corrected chi connectivity index (χ3v) is 2.18. The van der Waals surface area contributed by atoms with Crippen LogP contribution in [0.5, 0.6) is 0 Å². The van der Waals surface area contributed by atoms with E-state index in [1.807, 2.05) is 27.7 Å². The van der Waals surface area contributed by atoms with Crippen LogP contribution in [0.2, 0.25) is 0 Å². The van der Waals surface area contributed by atoms with E-state index < -0.39 is 0 Å². The maximum absolute atomic E-state index is 11.3. The van der Waals surface area contributed by atoms with Gasteiger partial charge in [0.05, 0.1) is 0 Å². The van der Waals surface area contributed by atoms with E-state index in [2.05, 4.69) is 0 Å². The molecule has 0 aliphatic heterocycles. The first-order chi connectivity index (χ1) is 5.40. The quantitative estimate of drug-likeness (QED) is 0.594. The molecule has 0 rings (SSSR count). The van der Waals surface area contributed by atoms with Crippen LogP contribution in [0.3, 0.4) is 0 Å². The van der Waals surface area contributed by atoms with Crippen molar-refractivity contribution in [3.05, 3.63) is 0 Å². The van der Waals surface area contributed by atoms with E-state index in [1.54, 1.807) is 4.90 Å².